The van der Waals surface area contributed by atoms with Crippen LogP contribution in [-0.2, 0) is 10.0 Å². The highest BCUT2D eigenvalue weighted by atomic mass is 32.2. The zero-order valence-corrected chi connectivity index (χ0v) is 21.8. The summed E-state index contributed by atoms with van der Waals surface area (Å²) < 4.78 is 35.7. The Balaban J connectivity index is 1.58. The predicted molar refractivity (Wildman–Crippen MR) is 132 cm³/mol. The van der Waals surface area contributed by atoms with Gasteiger partial charge in [-0.2, -0.15) is 13.1 Å². The van der Waals surface area contributed by atoms with Gasteiger partial charge in [-0.05, 0) is 37.3 Å². The molecule has 3 aromatic heterocycles. The van der Waals surface area contributed by atoms with E-state index < -0.39 is 10.0 Å². The van der Waals surface area contributed by atoms with Gasteiger partial charge in [-0.1, -0.05) is 20.8 Å². The van der Waals surface area contributed by atoms with Gasteiger partial charge < -0.3 is 15.7 Å². The van der Waals surface area contributed by atoms with Gasteiger partial charge in [0.05, 0.1) is 23.5 Å². The highest BCUT2D eigenvalue weighted by molar-refractivity contribution is 7.91. The molecule has 3 aromatic rings. The van der Waals surface area contributed by atoms with Crippen molar-refractivity contribution in [3.05, 3.63) is 27.3 Å². The molecule has 1 aliphatic rings. The fraction of sp³-hybridized carbons (Fsp3) is 0.500. The lowest BCUT2D eigenvalue weighted by Crippen LogP contribution is -2.28. The first-order valence-corrected chi connectivity index (χ1v) is 14.1. The Hall–Kier alpha value is -1.73. The smallest absolute Gasteiger partial charge is 0.256 e. The summed E-state index contributed by atoms with van der Waals surface area (Å²) in [5, 5.41) is 18.8. The number of nitrogens with zero attached hydrogens (tertiary/aromatic N) is 3. The summed E-state index contributed by atoms with van der Waals surface area (Å²) in [6.45, 7) is 8.55. The van der Waals surface area contributed by atoms with E-state index in [4.69, 9.17) is 0 Å². The second-order valence-corrected chi connectivity index (χ2v) is 13.9. The third-order valence-electron chi connectivity index (χ3n) is 5.34. The molecule has 0 aliphatic heterocycles. The highest BCUT2D eigenvalue weighted by Crippen LogP contribution is 2.44. The van der Waals surface area contributed by atoms with Gasteiger partial charge in [0, 0.05) is 28.2 Å². The Labute approximate surface area is 200 Å². The number of hydrogen-bond donors (Lipinski definition) is 3. The van der Waals surface area contributed by atoms with Crippen molar-refractivity contribution in [3.63, 3.8) is 0 Å². The van der Waals surface area contributed by atoms with Crippen molar-refractivity contribution >= 4 is 61.7 Å². The van der Waals surface area contributed by atoms with E-state index in [-0.39, 0.29) is 27.5 Å². The molecule has 3 N–H and O–H groups in total. The summed E-state index contributed by atoms with van der Waals surface area (Å²) in [4.78, 5) is 2.43. The van der Waals surface area contributed by atoms with E-state index in [2.05, 4.69) is 59.2 Å². The third kappa shape index (κ3) is 4.65. The normalized spacial score (nSPS) is 15.8. The first kappa shape index (κ1) is 23.4. The Morgan fingerprint density at radius 1 is 1.22 bits per heavy atom. The number of aryl methyl sites for hydroxylation is 1. The fourth-order valence-corrected chi connectivity index (χ4v) is 7.79. The fourth-order valence-electron chi connectivity index (χ4n) is 3.32. The molecule has 0 radical (unpaired) electrons. The molecule has 0 amide bonds. The molecule has 1 saturated carbocycles. The van der Waals surface area contributed by atoms with E-state index in [0.29, 0.717) is 17.3 Å². The van der Waals surface area contributed by atoms with Crippen LogP contribution in [0.15, 0.2) is 21.7 Å². The van der Waals surface area contributed by atoms with Gasteiger partial charge >= 0.3 is 0 Å². The number of hydrogen-bond acceptors (Lipinski definition) is 10. The van der Waals surface area contributed by atoms with Crippen LogP contribution in [0, 0.1) is 12.3 Å². The molecule has 12 heteroatoms. The van der Waals surface area contributed by atoms with Crippen molar-refractivity contribution in [1.82, 2.24) is 13.1 Å². The Kier molecular flexibility index (Phi) is 6.27. The van der Waals surface area contributed by atoms with Crippen molar-refractivity contribution in [2.24, 2.45) is 5.41 Å². The molecular weight excluding hydrogens is 487 g/mol. The molecule has 0 aromatic carbocycles. The van der Waals surface area contributed by atoms with Crippen LogP contribution in [0.2, 0.25) is 0 Å². The maximum Gasteiger partial charge on any atom is 0.256 e. The van der Waals surface area contributed by atoms with E-state index in [1.807, 2.05) is 0 Å². The van der Waals surface area contributed by atoms with Crippen LogP contribution in [0.3, 0.4) is 0 Å². The minimum atomic E-state index is -3.73. The van der Waals surface area contributed by atoms with Crippen LogP contribution < -0.4 is 10.6 Å². The topological polar surface area (TPSA) is 107 Å². The molecule has 0 spiro atoms. The van der Waals surface area contributed by atoms with E-state index in [1.165, 1.54) is 14.1 Å². The van der Waals surface area contributed by atoms with Gasteiger partial charge in [0.1, 0.15) is 0 Å². The molecular formula is C20H27N5O3S4. The Morgan fingerprint density at radius 2 is 1.91 bits per heavy atom. The van der Waals surface area contributed by atoms with Crippen LogP contribution in [0.4, 0.5) is 17.3 Å². The summed E-state index contributed by atoms with van der Waals surface area (Å²) in [6.07, 6.45) is 1.70. The zero-order chi connectivity index (χ0) is 23.3. The van der Waals surface area contributed by atoms with E-state index in [9.17, 15) is 13.5 Å². The molecule has 1 aliphatic carbocycles. The number of aromatic nitrogens is 2. The molecule has 0 bridgehead atoms. The summed E-state index contributed by atoms with van der Waals surface area (Å²) in [7, 11) is -2.17. The minimum absolute atomic E-state index is 0.00449. The molecule has 4 rings (SSSR count). The summed E-state index contributed by atoms with van der Waals surface area (Å²) in [5.74, 6) is 0.721. The summed E-state index contributed by atoms with van der Waals surface area (Å²) in [6, 6.07) is 4.24. The average Bonchev–Trinajstić information content (AvgIpc) is 3.14. The van der Waals surface area contributed by atoms with Crippen molar-refractivity contribution in [1.29, 1.82) is 0 Å². The maximum atomic E-state index is 12.8. The lowest BCUT2D eigenvalue weighted by Gasteiger charge is -2.31. The van der Waals surface area contributed by atoms with Crippen LogP contribution in [-0.4, -0.2) is 39.7 Å². The SMILES string of the molecule is Cc1ccc([C@H](Nc2nsnc2Nc2csc(S(=O)(=O)N(C)C3CC3)c2O)C(C)(C)C)s1. The molecule has 174 valence electrons. The number of thiophene rings is 2. The first-order chi connectivity index (χ1) is 15.0. The molecule has 8 nitrogen and oxygen atoms in total. The van der Waals surface area contributed by atoms with Crippen LogP contribution in [0.5, 0.6) is 5.75 Å². The van der Waals surface area contributed by atoms with Gasteiger partial charge in [-0.25, -0.2) is 8.42 Å². The van der Waals surface area contributed by atoms with Crippen LogP contribution in [0.1, 0.15) is 49.4 Å². The van der Waals surface area contributed by atoms with E-state index in [1.54, 1.807) is 23.8 Å². The third-order valence-corrected chi connectivity index (χ3v) is 10.3. The molecule has 0 saturated heterocycles. The van der Waals surface area contributed by atoms with Gasteiger partial charge in [-0.3, -0.25) is 0 Å². The number of sulfonamides is 1. The quantitative estimate of drug-likeness (QED) is 0.370. The standard InChI is InChI=1S/C20H27N5O3S4/c1-11-6-9-14(30-11)16(20(2,3)4)22-18-17(23-31-24-18)21-13-10-29-19(15(13)26)32(27,28)25(5)12-7-8-12/h6,9-10,12,16,26H,7-8H2,1-5H3,(H,21,23)(H,22,24)/t16-/m0/s1. The van der Waals surface area contributed by atoms with Gasteiger partial charge in [-0.15, -0.1) is 22.7 Å². The van der Waals surface area contributed by atoms with Gasteiger partial charge in [0.15, 0.2) is 21.6 Å². The Bertz CT molecular complexity index is 1200. The Morgan fingerprint density at radius 3 is 2.50 bits per heavy atom. The van der Waals surface area contributed by atoms with E-state index >= 15 is 0 Å². The zero-order valence-electron chi connectivity index (χ0n) is 18.5. The largest absolute Gasteiger partial charge is 0.504 e. The number of anilines is 3. The molecule has 32 heavy (non-hydrogen) atoms. The predicted octanol–water partition coefficient (Wildman–Crippen LogP) is 5.40. The highest BCUT2D eigenvalue weighted by Gasteiger charge is 2.38. The van der Waals surface area contributed by atoms with Gasteiger partial charge in [0.2, 0.25) is 0 Å². The monoisotopic (exact) mass is 513 g/mol. The lowest BCUT2D eigenvalue weighted by atomic mass is 9.86. The summed E-state index contributed by atoms with van der Waals surface area (Å²) in [5.41, 5.74) is 0.213. The van der Waals surface area contributed by atoms with E-state index in [0.717, 1.165) is 35.9 Å². The number of aromatic hydroxyl groups is 1. The average molecular weight is 514 g/mol. The van der Waals surface area contributed by atoms with Crippen molar-refractivity contribution in [3.8, 4) is 5.75 Å². The first-order valence-electron chi connectivity index (χ1n) is 10.2. The van der Waals surface area contributed by atoms with Crippen LogP contribution in [0.25, 0.3) is 0 Å². The minimum Gasteiger partial charge on any atom is -0.504 e. The van der Waals surface area contributed by atoms with Crippen molar-refractivity contribution < 1.29 is 13.5 Å². The molecule has 1 fully saturated rings. The molecule has 0 unspecified atom stereocenters. The maximum absolute atomic E-state index is 12.8. The van der Waals surface area contributed by atoms with Gasteiger partial charge in [0.25, 0.3) is 10.0 Å². The summed E-state index contributed by atoms with van der Waals surface area (Å²) >= 11 is 3.78. The van der Waals surface area contributed by atoms with Crippen molar-refractivity contribution in [2.45, 2.75) is 56.8 Å². The lowest BCUT2D eigenvalue weighted by molar-refractivity contribution is 0.351. The molecule has 3 heterocycles. The van der Waals surface area contributed by atoms with Crippen molar-refractivity contribution in [2.75, 3.05) is 17.7 Å². The number of rotatable bonds is 8. The second kappa shape index (κ2) is 8.56. The van der Waals surface area contributed by atoms with Crippen LogP contribution >= 0.6 is 34.4 Å². The number of nitrogens with one attached hydrogen (secondary N) is 2. The second-order valence-electron chi connectivity index (χ2n) is 9.02. The molecule has 1 atom stereocenters.